The molecule has 1 aromatic heterocycles. The molecular formula is C8H16N2O3S. The molecule has 6 heteroatoms. The molecule has 14 heavy (non-hydrogen) atoms. The molecule has 0 saturated carbocycles. The Balaban J connectivity index is 0.000000791. The molecule has 0 unspecified atom stereocenters. The minimum atomic E-state index is -3.28. The van der Waals surface area contributed by atoms with Crippen LogP contribution < -0.4 is 4.72 Å². The van der Waals surface area contributed by atoms with E-state index in [2.05, 4.69) is 9.71 Å². The van der Waals surface area contributed by atoms with Crippen LogP contribution >= 0.6 is 0 Å². The summed E-state index contributed by atoms with van der Waals surface area (Å²) in [4.78, 5) is 3.86. The first kappa shape index (κ1) is 13.0. The first-order chi connectivity index (χ1) is 6.51. The van der Waals surface area contributed by atoms with E-state index in [9.17, 15) is 8.42 Å². The standard InChI is InChI=1S/C6H10N2O3S.C2H6/c1-3-5-4-11-6(7-5)8-12(2,9)10;1-2/h4H,3H2,1-2H3,(H,7,8);1-2H3. The number of hydrogen-bond acceptors (Lipinski definition) is 4. The van der Waals surface area contributed by atoms with E-state index >= 15 is 0 Å². The number of sulfonamides is 1. The molecule has 0 aliphatic carbocycles. The summed E-state index contributed by atoms with van der Waals surface area (Å²) in [5.41, 5.74) is 0.723. The lowest BCUT2D eigenvalue weighted by Gasteiger charge is -1.94. The first-order valence-corrected chi connectivity index (χ1v) is 6.32. The van der Waals surface area contributed by atoms with Crippen LogP contribution in [0.15, 0.2) is 10.7 Å². The van der Waals surface area contributed by atoms with Gasteiger partial charge in [-0.15, -0.1) is 0 Å². The number of nitrogens with one attached hydrogen (secondary N) is 1. The molecule has 0 spiro atoms. The third-order valence-corrected chi connectivity index (χ3v) is 1.73. The number of oxazole rings is 1. The molecule has 0 aliphatic rings. The number of aromatic nitrogens is 1. The van der Waals surface area contributed by atoms with Crippen LogP contribution in [-0.4, -0.2) is 19.7 Å². The van der Waals surface area contributed by atoms with E-state index in [0.29, 0.717) is 0 Å². The Morgan fingerprint density at radius 1 is 1.50 bits per heavy atom. The molecule has 1 aromatic rings. The summed E-state index contributed by atoms with van der Waals surface area (Å²) in [6.07, 6.45) is 3.19. The second kappa shape index (κ2) is 5.64. The Labute approximate surface area is 84.6 Å². The minimum absolute atomic E-state index is 0.0225. The van der Waals surface area contributed by atoms with Crippen LogP contribution in [0, 0.1) is 0 Å². The number of anilines is 1. The zero-order chi connectivity index (χ0) is 11.2. The van der Waals surface area contributed by atoms with E-state index in [1.54, 1.807) is 0 Å². The van der Waals surface area contributed by atoms with Gasteiger partial charge in [-0.05, 0) is 6.42 Å². The van der Waals surface area contributed by atoms with Crippen molar-refractivity contribution < 1.29 is 12.8 Å². The molecule has 0 amide bonds. The van der Waals surface area contributed by atoms with Crippen LogP contribution in [0.5, 0.6) is 0 Å². The van der Waals surface area contributed by atoms with Gasteiger partial charge >= 0.3 is 6.01 Å². The van der Waals surface area contributed by atoms with Crippen molar-refractivity contribution in [3.05, 3.63) is 12.0 Å². The van der Waals surface area contributed by atoms with Gasteiger partial charge in [0.15, 0.2) is 0 Å². The van der Waals surface area contributed by atoms with E-state index in [4.69, 9.17) is 4.42 Å². The van der Waals surface area contributed by atoms with Crippen LogP contribution in [0.3, 0.4) is 0 Å². The highest BCUT2D eigenvalue weighted by Crippen LogP contribution is 2.08. The van der Waals surface area contributed by atoms with Gasteiger partial charge in [0.2, 0.25) is 10.0 Å². The highest BCUT2D eigenvalue weighted by molar-refractivity contribution is 7.91. The lowest BCUT2D eigenvalue weighted by molar-refractivity contribution is 0.570. The quantitative estimate of drug-likeness (QED) is 0.840. The second-order valence-corrected chi connectivity index (χ2v) is 4.12. The normalized spacial score (nSPS) is 10.3. The average Bonchev–Trinajstić information content (AvgIpc) is 2.53. The monoisotopic (exact) mass is 220 g/mol. The van der Waals surface area contributed by atoms with Gasteiger partial charge in [-0.2, -0.15) is 4.98 Å². The summed E-state index contributed by atoms with van der Waals surface area (Å²) >= 11 is 0. The van der Waals surface area contributed by atoms with Gasteiger partial charge in [0, 0.05) is 0 Å². The van der Waals surface area contributed by atoms with Crippen molar-refractivity contribution >= 4 is 16.0 Å². The van der Waals surface area contributed by atoms with Crippen molar-refractivity contribution in [2.45, 2.75) is 27.2 Å². The van der Waals surface area contributed by atoms with E-state index < -0.39 is 10.0 Å². The van der Waals surface area contributed by atoms with E-state index in [1.807, 2.05) is 20.8 Å². The van der Waals surface area contributed by atoms with E-state index in [1.165, 1.54) is 6.26 Å². The molecule has 5 nitrogen and oxygen atoms in total. The first-order valence-electron chi connectivity index (χ1n) is 4.43. The topological polar surface area (TPSA) is 72.2 Å². The molecular weight excluding hydrogens is 204 g/mol. The summed E-state index contributed by atoms with van der Waals surface area (Å²) in [6.45, 7) is 5.90. The van der Waals surface area contributed by atoms with Crippen molar-refractivity contribution in [2.75, 3.05) is 11.0 Å². The van der Waals surface area contributed by atoms with Crippen LogP contribution in [-0.2, 0) is 16.4 Å². The van der Waals surface area contributed by atoms with Gasteiger partial charge in [-0.25, -0.2) is 13.1 Å². The summed E-state index contributed by atoms with van der Waals surface area (Å²) in [5, 5.41) is 0. The average molecular weight is 220 g/mol. The van der Waals surface area contributed by atoms with Gasteiger partial charge in [-0.1, -0.05) is 20.8 Å². The van der Waals surface area contributed by atoms with Crippen LogP contribution in [0.4, 0.5) is 6.01 Å². The molecule has 1 rings (SSSR count). The molecule has 0 aliphatic heterocycles. The fraction of sp³-hybridized carbons (Fsp3) is 0.625. The highest BCUT2D eigenvalue weighted by atomic mass is 32.2. The second-order valence-electron chi connectivity index (χ2n) is 2.37. The Hall–Kier alpha value is -1.04. The maximum Gasteiger partial charge on any atom is 0.308 e. The lowest BCUT2D eigenvalue weighted by atomic mass is 10.4. The van der Waals surface area contributed by atoms with Crippen molar-refractivity contribution in [3.8, 4) is 0 Å². The number of rotatable bonds is 3. The Morgan fingerprint density at radius 2 is 2.07 bits per heavy atom. The Bertz CT molecular complexity index is 356. The molecule has 0 radical (unpaired) electrons. The van der Waals surface area contributed by atoms with Gasteiger partial charge in [0.05, 0.1) is 11.9 Å². The summed E-state index contributed by atoms with van der Waals surface area (Å²) in [5.74, 6) is 0. The zero-order valence-electron chi connectivity index (χ0n) is 8.86. The molecule has 1 heterocycles. The molecule has 0 atom stereocenters. The van der Waals surface area contributed by atoms with Crippen molar-refractivity contribution in [2.24, 2.45) is 0 Å². The van der Waals surface area contributed by atoms with Crippen molar-refractivity contribution in [1.29, 1.82) is 0 Å². The van der Waals surface area contributed by atoms with E-state index in [0.717, 1.165) is 18.4 Å². The van der Waals surface area contributed by atoms with Crippen LogP contribution in [0.1, 0.15) is 26.5 Å². The fourth-order valence-electron chi connectivity index (χ4n) is 0.675. The maximum atomic E-state index is 10.7. The van der Waals surface area contributed by atoms with Gasteiger partial charge in [0.25, 0.3) is 0 Å². The largest absolute Gasteiger partial charge is 0.431 e. The van der Waals surface area contributed by atoms with Gasteiger partial charge in [-0.3, -0.25) is 0 Å². The molecule has 82 valence electrons. The van der Waals surface area contributed by atoms with Crippen molar-refractivity contribution in [1.82, 2.24) is 4.98 Å². The smallest absolute Gasteiger partial charge is 0.308 e. The van der Waals surface area contributed by atoms with Gasteiger partial charge < -0.3 is 4.42 Å². The zero-order valence-corrected chi connectivity index (χ0v) is 9.68. The predicted octanol–water partition coefficient (Wildman–Crippen LogP) is 1.63. The summed E-state index contributed by atoms with van der Waals surface area (Å²) in [7, 11) is -3.28. The van der Waals surface area contributed by atoms with Crippen LogP contribution in [0.25, 0.3) is 0 Å². The lowest BCUT2D eigenvalue weighted by Crippen LogP contribution is -2.09. The van der Waals surface area contributed by atoms with Crippen molar-refractivity contribution in [3.63, 3.8) is 0 Å². The number of nitrogens with zero attached hydrogens (tertiary/aromatic N) is 1. The Morgan fingerprint density at radius 3 is 2.43 bits per heavy atom. The molecule has 1 N–H and O–H groups in total. The summed E-state index contributed by atoms with van der Waals surface area (Å²) in [6, 6.07) is 0.0225. The third kappa shape index (κ3) is 4.86. The number of hydrogen-bond donors (Lipinski definition) is 1. The Kier molecular flexibility index (Phi) is 5.22. The van der Waals surface area contributed by atoms with Gasteiger partial charge in [0.1, 0.15) is 6.26 Å². The predicted molar refractivity (Wildman–Crippen MR) is 55.7 cm³/mol. The highest BCUT2D eigenvalue weighted by Gasteiger charge is 2.06. The summed E-state index contributed by atoms with van der Waals surface area (Å²) < 4.78 is 28.3. The fourth-order valence-corrected chi connectivity index (χ4v) is 1.09. The third-order valence-electron chi connectivity index (χ3n) is 1.19. The molecule has 0 fully saturated rings. The molecule has 0 aromatic carbocycles. The maximum absolute atomic E-state index is 10.7. The van der Waals surface area contributed by atoms with Crippen LogP contribution in [0.2, 0.25) is 0 Å². The molecule has 0 saturated heterocycles. The SMILES string of the molecule is CC.CCc1coc(NS(C)(=O)=O)n1. The minimum Gasteiger partial charge on any atom is -0.431 e. The number of aryl methyl sites for hydroxylation is 1. The van der Waals surface area contributed by atoms with E-state index in [-0.39, 0.29) is 6.01 Å². The molecule has 0 bridgehead atoms.